The first-order chi connectivity index (χ1) is 9.47. The first-order valence-corrected chi connectivity index (χ1v) is 6.91. The molecule has 0 radical (unpaired) electrons. The van der Waals surface area contributed by atoms with E-state index in [0.29, 0.717) is 38.6 Å². The van der Waals surface area contributed by atoms with Gasteiger partial charge >= 0.3 is 41.5 Å². The predicted octanol–water partition coefficient (Wildman–Crippen LogP) is -2.16. The molecular formula is C13H25N2NaO5. The summed E-state index contributed by atoms with van der Waals surface area (Å²) in [6.45, 7) is 0.504. The van der Waals surface area contributed by atoms with Crippen LogP contribution in [-0.4, -0.2) is 40.6 Å². The van der Waals surface area contributed by atoms with Crippen LogP contribution in [0.25, 0.3) is 0 Å². The minimum absolute atomic E-state index is 0. The van der Waals surface area contributed by atoms with Gasteiger partial charge in [0.15, 0.2) is 0 Å². The van der Waals surface area contributed by atoms with Crippen LogP contribution < -0.4 is 40.6 Å². The number of aliphatic carboxylic acids is 2. The number of rotatable bonds is 12. The van der Waals surface area contributed by atoms with Crippen molar-refractivity contribution in [3.8, 4) is 0 Å². The van der Waals surface area contributed by atoms with Gasteiger partial charge in [0.05, 0.1) is 0 Å². The van der Waals surface area contributed by atoms with E-state index in [9.17, 15) is 14.4 Å². The monoisotopic (exact) mass is 312 g/mol. The predicted molar refractivity (Wildman–Crippen MR) is 74.3 cm³/mol. The molecule has 0 unspecified atom stereocenters. The Hall–Kier alpha value is -0.630. The number of carboxylic acids is 2. The van der Waals surface area contributed by atoms with Crippen LogP contribution in [-0.2, 0) is 14.4 Å². The number of carbonyl (C=O) groups excluding carboxylic acids is 1. The molecule has 5 N–H and O–H groups in total. The van der Waals surface area contributed by atoms with Crippen molar-refractivity contribution < 1.29 is 55.6 Å². The Balaban J connectivity index is -0.00000180. The van der Waals surface area contributed by atoms with Crippen LogP contribution in [0.5, 0.6) is 0 Å². The second-order valence-corrected chi connectivity index (χ2v) is 4.70. The molecule has 7 nitrogen and oxygen atoms in total. The van der Waals surface area contributed by atoms with Crippen molar-refractivity contribution in [2.24, 2.45) is 5.73 Å². The van der Waals surface area contributed by atoms with E-state index in [2.05, 4.69) is 5.32 Å². The summed E-state index contributed by atoms with van der Waals surface area (Å²) in [5.41, 5.74) is 5.33. The molecule has 0 aliphatic rings. The molecule has 0 aromatic carbocycles. The zero-order chi connectivity index (χ0) is 15.4. The number of hydrogen-bond donors (Lipinski definition) is 4. The molecule has 0 saturated carbocycles. The third-order valence-electron chi connectivity index (χ3n) is 2.87. The van der Waals surface area contributed by atoms with Gasteiger partial charge in [-0.25, -0.2) is 4.79 Å². The SMILES string of the molecule is NCCCC[C@H](NC(=O)CCCCCC(=O)O)C(=O)O.[H-].[Na+]. The number of hydrogen-bond acceptors (Lipinski definition) is 4. The van der Waals surface area contributed by atoms with Gasteiger partial charge in [-0.05, 0) is 38.6 Å². The molecule has 0 fully saturated rings. The second kappa shape index (κ2) is 14.3. The molecule has 0 saturated heterocycles. The standard InChI is InChI=1S/C13H24N2O5.Na.H/c14-9-5-4-6-10(13(19)20)15-11(16)7-2-1-3-8-12(17)18;;/h10H,1-9,14H2,(H,15,16)(H,17,18)(H,19,20);;/q;+1;-1/t10-;;/m0../s1. The number of carbonyl (C=O) groups is 3. The molecule has 0 heterocycles. The molecule has 0 aliphatic carbocycles. The minimum Gasteiger partial charge on any atom is -1.00 e. The van der Waals surface area contributed by atoms with Crippen LogP contribution >= 0.6 is 0 Å². The van der Waals surface area contributed by atoms with Crippen LogP contribution in [0.4, 0.5) is 0 Å². The molecule has 0 aromatic heterocycles. The molecule has 8 heteroatoms. The zero-order valence-corrected chi connectivity index (χ0v) is 14.6. The van der Waals surface area contributed by atoms with E-state index in [4.69, 9.17) is 15.9 Å². The van der Waals surface area contributed by atoms with Crippen molar-refractivity contribution in [3.05, 3.63) is 0 Å². The first-order valence-electron chi connectivity index (χ1n) is 6.91. The van der Waals surface area contributed by atoms with Crippen LogP contribution in [0.3, 0.4) is 0 Å². The quantitative estimate of drug-likeness (QED) is 0.240. The van der Waals surface area contributed by atoms with E-state index in [1.807, 2.05) is 0 Å². The Bertz CT molecular complexity index is 332. The van der Waals surface area contributed by atoms with Crippen LogP contribution in [0.2, 0.25) is 0 Å². The number of carboxylic acid groups (broad SMARTS) is 2. The van der Waals surface area contributed by atoms with Crippen molar-refractivity contribution in [2.75, 3.05) is 6.54 Å². The molecule has 21 heavy (non-hydrogen) atoms. The van der Waals surface area contributed by atoms with Gasteiger partial charge in [-0.1, -0.05) is 6.42 Å². The number of unbranched alkanes of at least 4 members (excludes halogenated alkanes) is 3. The van der Waals surface area contributed by atoms with E-state index in [-0.39, 0.29) is 49.7 Å². The van der Waals surface area contributed by atoms with Crippen molar-refractivity contribution in [1.82, 2.24) is 5.32 Å². The summed E-state index contributed by atoms with van der Waals surface area (Å²) < 4.78 is 0. The van der Waals surface area contributed by atoms with Gasteiger partial charge in [0, 0.05) is 12.8 Å². The molecule has 1 amide bonds. The van der Waals surface area contributed by atoms with E-state index in [1.165, 1.54) is 0 Å². The van der Waals surface area contributed by atoms with Crippen molar-refractivity contribution in [3.63, 3.8) is 0 Å². The van der Waals surface area contributed by atoms with E-state index < -0.39 is 18.0 Å². The maximum absolute atomic E-state index is 11.6. The molecule has 0 aliphatic heterocycles. The molecular weight excluding hydrogens is 287 g/mol. The van der Waals surface area contributed by atoms with Gasteiger partial charge in [-0.2, -0.15) is 0 Å². The fourth-order valence-corrected chi connectivity index (χ4v) is 1.76. The average molecular weight is 312 g/mol. The molecule has 0 rings (SSSR count). The summed E-state index contributed by atoms with van der Waals surface area (Å²) in [5, 5.41) is 19.9. The van der Waals surface area contributed by atoms with E-state index in [0.717, 1.165) is 6.42 Å². The molecule has 0 aromatic rings. The minimum atomic E-state index is -1.04. The van der Waals surface area contributed by atoms with Gasteiger partial charge < -0.3 is 22.7 Å². The van der Waals surface area contributed by atoms with Gasteiger partial charge in [0.1, 0.15) is 6.04 Å². The number of nitrogens with two attached hydrogens (primary N) is 1. The van der Waals surface area contributed by atoms with Gasteiger partial charge in [-0.15, -0.1) is 0 Å². The van der Waals surface area contributed by atoms with Gasteiger partial charge in [-0.3, -0.25) is 9.59 Å². The third-order valence-corrected chi connectivity index (χ3v) is 2.87. The average Bonchev–Trinajstić information content (AvgIpc) is 2.36. The van der Waals surface area contributed by atoms with Crippen molar-refractivity contribution in [1.29, 1.82) is 0 Å². The summed E-state index contributed by atoms with van der Waals surface area (Å²) in [7, 11) is 0. The second-order valence-electron chi connectivity index (χ2n) is 4.70. The summed E-state index contributed by atoms with van der Waals surface area (Å²) in [5.74, 6) is -2.19. The maximum Gasteiger partial charge on any atom is 1.00 e. The molecule has 0 spiro atoms. The Morgan fingerprint density at radius 1 is 1.00 bits per heavy atom. The zero-order valence-electron chi connectivity index (χ0n) is 13.6. The Labute approximate surface area is 148 Å². The summed E-state index contributed by atoms with van der Waals surface area (Å²) >= 11 is 0. The fourth-order valence-electron chi connectivity index (χ4n) is 1.76. The first kappa shape index (κ1) is 22.6. The summed E-state index contributed by atoms with van der Waals surface area (Å²) in [4.78, 5) is 32.8. The van der Waals surface area contributed by atoms with Crippen LogP contribution in [0, 0.1) is 0 Å². The smallest absolute Gasteiger partial charge is 1.00 e. The summed E-state index contributed by atoms with van der Waals surface area (Å²) in [6.07, 6.45) is 3.82. The Morgan fingerprint density at radius 3 is 2.14 bits per heavy atom. The maximum atomic E-state index is 11.6. The summed E-state index contributed by atoms with van der Waals surface area (Å²) in [6, 6.07) is -0.868. The van der Waals surface area contributed by atoms with Crippen molar-refractivity contribution >= 4 is 17.8 Å². The Kier molecular flexibility index (Phi) is 15.4. The normalized spacial score (nSPS) is 11.3. The van der Waals surface area contributed by atoms with E-state index in [1.54, 1.807) is 0 Å². The molecule has 0 bridgehead atoms. The van der Waals surface area contributed by atoms with Crippen LogP contribution in [0.1, 0.15) is 52.8 Å². The third kappa shape index (κ3) is 14.1. The number of nitrogens with one attached hydrogen (secondary N) is 1. The van der Waals surface area contributed by atoms with E-state index >= 15 is 0 Å². The molecule has 118 valence electrons. The molecule has 1 atom stereocenters. The van der Waals surface area contributed by atoms with Crippen LogP contribution in [0.15, 0.2) is 0 Å². The topological polar surface area (TPSA) is 130 Å². The van der Waals surface area contributed by atoms with Gasteiger partial charge in [0.25, 0.3) is 0 Å². The fraction of sp³-hybridized carbons (Fsp3) is 0.769. The largest absolute Gasteiger partial charge is 1.00 e. The Morgan fingerprint density at radius 2 is 1.62 bits per heavy atom. The number of amides is 1. The van der Waals surface area contributed by atoms with Crippen molar-refractivity contribution in [2.45, 2.75) is 57.4 Å². The van der Waals surface area contributed by atoms with Gasteiger partial charge in [0.2, 0.25) is 5.91 Å².